The van der Waals surface area contributed by atoms with Crippen molar-refractivity contribution in [2.45, 2.75) is 17.7 Å². The fourth-order valence-electron chi connectivity index (χ4n) is 2.12. The van der Waals surface area contributed by atoms with Crippen molar-refractivity contribution < 1.29 is 13.9 Å². The molecule has 0 spiro atoms. The lowest BCUT2D eigenvalue weighted by molar-refractivity contribution is -0.130. The van der Waals surface area contributed by atoms with E-state index in [1.165, 1.54) is 6.07 Å². The number of hydrogen-bond acceptors (Lipinski definition) is 5. The number of nitrogens with zero attached hydrogens (tertiary/aromatic N) is 3. The zero-order valence-electron chi connectivity index (χ0n) is 11.7. The van der Waals surface area contributed by atoms with Crippen molar-refractivity contribution in [2.24, 2.45) is 7.05 Å². The first-order valence-electron chi connectivity index (χ1n) is 6.72. The molecule has 0 N–H and O–H groups in total. The van der Waals surface area contributed by atoms with E-state index in [0.29, 0.717) is 18.2 Å². The van der Waals surface area contributed by atoms with Crippen LogP contribution in [0.1, 0.15) is 6.42 Å². The molecule has 1 aromatic carbocycles. The van der Waals surface area contributed by atoms with E-state index < -0.39 is 0 Å². The molecular weight excluding hydrogens is 293 g/mol. The van der Waals surface area contributed by atoms with Crippen molar-refractivity contribution in [2.75, 3.05) is 19.2 Å². The van der Waals surface area contributed by atoms with Crippen molar-refractivity contribution in [3.63, 3.8) is 0 Å². The van der Waals surface area contributed by atoms with Gasteiger partial charge in [0, 0.05) is 12.8 Å². The number of hydrogen-bond donors (Lipinski definition) is 0. The maximum absolute atomic E-state index is 13.8. The Hall–Kier alpha value is -1.44. The smallest absolute Gasteiger partial charge is 0.191 e. The lowest BCUT2D eigenvalue weighted by Crippen LogP contribution is -2.25. The van der Waals surface area contributed by atoms with E-state index in [4.69, 9.17) is 9.47 Å². The van der Waals surface area contributed by atoms with E-state index >= 15 is 0 Å². The third-order valence-electron chi connectivity index (χ3n) is 3.32. The summed E-state index contributed by atoms with van der Waals surface area (Å²) in [5.41, 5.74) is 0.460. The maximum Gasteiger partial charge on any atom is 0.191 e. The summed E-state index contributed by atoms with van der Waals surface area (Å²) in [6.07, 6.45) is 1.04. The van der Waals surface area contributed by atoms with E-state index in [0.717, 1.165) is 23.9 Å². The Morgan fingerprint density at radius 3 is 3.00 bits per heavy atom. The van der Waals surface area contributed by atoms with Crippen molar-refractivity contribution in [1.29, 1.82) is 0 Å². The highest BCUT2D eigenvalue weighted by atomic mass is 32.2. The monoisotopic (exact) mass is 309 g/mol. The van der Waals surface area contributed by atoms with Crippen LogP contribution >= 0.6 is 11.8 Å². The number of benzene rings is 1. The minimum Gasteiger partial charge on any atom is -0.355 e. The van der Waals surface area contributed by atoms with Gasteiger partial charge >= 0.3 is 0 Å². The Morgan fingerprint density at radius 2 is 2.24 bits per heavy atom. The van der Waals surface area contributed by atoms with Gasteiger partial charge in [0.15, 0.2) is 11.0 Å². The molecule has 1 aliphatic heterocycles. The summed E-state index contributed by atoms with van der Waals surface area (Å²) in [6.45, 7) is 1.08. The van der Waals surface area contributed by atoms with Gasteiger partial charge in [0.1, 0.15) is 12.6 Å². The van der Waals surface area contributed by atoms with Gasteiger partial charge in [-0.15, -0.1) is 10.2 Å². The van der Waals surface area contributed by atoms with Gasteiger partial charge in [0.25, 0.3) is 0 Å². The van der Waals surface area contributed by atoms with Crippen LogP contribution in [0.4, 0.5) is 4.39 Å². The minimum atomic E-state index is -0.294. The summed E-state index contributed by atoms with van der Waals surface area (Å²) >= 11 is 1.56. The van der Waals surface area contributed by atoms with Gasteiger partial charge in [0.05, 0.1) is 18.3 Å². The molecular formula is C14H16FN3O2S. The Labute approximate surface area is 126 Å². The second-order valence-electron chi connectivity index (χ2n) is 4.76. The molecule has 1 saturated heterocycles. The molecule has 112 valence electrons. The Kier molecular flexibility index (Phi) is 4.52. The molecule has 5 nitrogen and oxygen atoms in total. The molecule has 1 aliphatic rings. The fourth-order valence-corrected chi connectivity index (χ4v) is 3.09. The van der Waals surface area contributed by atoms with Gasteiger partial charge in [-0.25, -0.2) is 4.39 Å². The minimum absolute atomic E-state index is 0.164. The van der Waals surface area contributed by atoms with E-state index in [9.17, 15) is 4.39 Å². The third-order valence-corrected chi connectivity index (χ3v) is 4.47. The van der Waals surface area contributed by atoms with Gasteiger partial charge in [-0.1, -0.05) is 23.9 Å². The highest BCUT2D eigenvalue weighted by Crippen LogP contribution is 2.26. The molecule has 0 radical (unpaired) electrons. The summed E-state index contributed by atoms with van der Waals surface area (Å²) in [7, 11) is 1.84. The van der Waals surface area contributed by atoms with Crippen LogP contribution in [-0.4, -0.2) is 40.0 Å². The molecule has 2 heterocycles. The SMILES string of the molecule is Cn1c(SC[C@@H]2CCOCO2)nnc1-c1ccccc1F. The van der Waals surface area contributed by atoms with Crippen molar-refractivity contribution >= 4 is 11.8 Å². The molecule has 1 aromatic heterocycles. The Morgan fingerprint density at radius 1 is 1.38 bits per heavy atom. The predicted octanol–water partition coefficient (Wildman–Crippen LogP) is 2.48. The van der Waals surface area contributed by atoms with Crippen LogP contribution in [0.25, 0.3) is 11.4 Å². The predicted molar refractivity (Wildman–Crippen MR) is 77.4 cm³/mol. The van der Waals surface area contributed by atoms with Crippen LogP contribution in [0, 0.1) is 5.82 Å². The second kappa shape index (κ2) is 6.55. The molecule has 21 heavy (non-hydrogen) atoms. The summed E-state index contributed by atoms with van der Waals surface area (Å²) in [4.78, 5) is 0. The highest BCUT2D eigenvalue weighted by Gasteiger charge is 2.18. The molecule has 0 aliphatic carbocycles. The molecule has 0 bridgehead atoms. The number of rotatable bonds is 4. The van der Waals surface area contributed by atoms with Crippen LogP contribution in [0.2, 0.25) is 0 Å². The van der Waals surface area contributed by atoms with Crippen LogP contribution in [-0.2, 0) is 16.5 Å². The van der Waals surface area contributed by atoms with Crippen LogP contribution in [0.15, 0.2) is 29.4 Å². The molecule has 3 rings (SSSR count). The van der Waals surface area contributed by atoms with Crippen molar-refractivity contribution in [3.05, 3.63) is 30.1 Å². The molecule has 1 fully saturated rings. The summed E-state index contributed by atoms with van der Waals surface area (Å²) < 4.78 is 26.3. The van der Waals surface area contributed by atoms with Crippen LogP contribution in [0.5, 0.6) is 0 Å². The molecule has 0 saturated carbocycles. The first kappa shape index (κ1) is 14.5. The number of ether oxygens (including phenoxy) is 2. The van der Waals surface area contributed by atoms with E-state index in [1.807, 2.05) is 11.6 Å². The number of thioether (sulfide) groups is 1. The first-order chi connectivity index (χ1) is 10.3. The van der Waals surface area contributed by atoms with E-state index in [2.05, 4.69) is 10.2 Å². The average Bonchev–Trinajstić information content (AvgIpc) is 2.88. The van der Waals surface area contributed by atoms with Crippen LogP contribution < -0.4 is 0 Å². The Balaban J connectivity index is 1.72. The van der Waals surface area contributed by atoms with E-state index in [1.54, 1.807) is 30.0 Å². The summed E-state index contributed by atoms with van der Waals surface area (Å²) in [5.74, 6) is 1.02. The van der Waals surface area contributed by atoms with Gasteiger partial charge < -0.3 is 14.0 Å². The fraction of sp³-hybridized carbons (Fsp3) is 0.429. The quantitative estimate of drug-likeness (QED) is 0.812. The standard InChI is InChI=1S/C14H16FN3O2S/c1-18-13(11-4-2-3-5-12(11)15)16-17-14(18)21-8-10-6-7-19-9-20-10/h2-5,10H,6-9H2,1H3/t10-/m0/s1. The van der Waals surface area contributed by atoms with E-state index in [-0.39, 0.29) is 11.9 Å². The topological polar surface area (TPSA) is 49.2 Å². The summed E-state index contributed by atoms with van der Waals surface area (Å²) in [6, 6.07) is 6.57. The van der Waals surface area contributed by atoms with Gasteiger partial charge in [-0.2, -0.15) is 0 Å². The normalized spacial score (nSPS) is 18.9. The summed E-state index contributed by atoms with van der Waals surface area (Å²) in [5, 5.41) is 8.99. The second-order valence-corrected chi connectivity index (χ2v) is 5.75. The molecule has 1 atom stereocenters. The van der Waals surface area contributed by atoms with Crippen molar-refractivity contribution in [1.82, 2.24) is 14.8 Å². The lowest BCUT2D eigenvalue weighted by atomic mass is 10.2. The third kappa shape index (κ3) is 3.25. The van der Waals surface area contributed by atoms with Gasteiger partial charge in [-0.3, -0.25) is 0 Å². The highest BCUT2D eigenvalue weighted by molar-refractivity contribution is 7.99. The van der Waals surface area contributed by atoms with Gasteiger partial charge in [-0.05, 0) is 18.6 Å². The largest absolute Gasteiger partial charge is 0.355 e. The lowest BCUT2D eigenvalue weighted by Gasteiger charge is -2.21. The zero-order valence-corrected chi connectivity index (χ0v) is 12.5. The average molecular weight is 309 g/mol. The number of aromatic nitrogens is 3. The zero-order chi connectivity index (χ0) is 14.7. The Bertz CT molecular complexity index is 614. The van der Waals surface area contributed by atoms with Crippen molar-refractivity contribution in [3.8, 4) is 11.4 Å². The van der Waals surface area contributed by atoms with Gasteiger partial charge in [0.2, 0.25) is 0 Å². The first-order valence-corrected chi connectivity index (χ1v) is 7.70. The molecule has 7 heteroatoms. The molecule has 2 aromatic rings. The maximum atomic E-state index is 13.8. The molecule has 0 unspecified atom stereocenters. The molecule has 0 amide bonds. The van der Waals surface area contributed by atoms with Crippen LogP contribution in [0.3, 0.4) is 0 Å². The number of halogens is 1.